The standard InChI is InChI=1S/C15H29NO2/c1-15(2,3)13-6-7-14(17)12(10-13)11-16(4)8-9-18-5/h12-13H,6-11H2,1-5H3. The molecule has 2 unspecified atom stereocenters. The molecule has 0 bridgehead atoms. The molecular weight excluding hydrogens is 226 g/mol. The minimum Gasteiger partial charge on any atom is -0.383 e. The summed E-state index contributed by atoms with van der Waals surface area (Å²) in [5, 5.41) is 0. The maximum atomic E-state index is 12.0. The molecule has 0 spiro atoms. The molecule has 0 aromatic rings. The summed E-state index contributed by atoms with van der Waals surface area (Å²) in [5.41, 5.74) is 0.323. The molecule has 0 radical (unpaired) electrons. The van der Waals surface area contributed by atoms with Crippen molar-refractivity contribution in [2.75, 3.05) is 33.9 Å². The van der Waals surface area contributed by atoms with E-state index in [0.29, 0.717) is 17.1 Å². The quantitative estimate of drug-likeness (QED) is 0.756. The molecule has 0 heterocycles. The topological polar surface area (TPSA) is 29.5 Å². The fourth-order valence-corrected chi connectivity index (χ4v) is 2.79. The summed E-state index contributed by atoms with van der Waals surface area (Å²) in [6.45, 7) is 9.40. The molecule has 2 atom stereocenters. The molecule has 0 aromatic carbocycles. The molecule has 1 saturated carbocycles. The van der Waals surface area contributed by atoms with Gasteiger partial charge >= 0.3 is 0 Å². The number of carbonyl (C=O) groups excluding carboxylic acids is 1. The Kier molecular flexibility index (Phi) is 5.80. The highest BCUT2D eigenvalue weighted by atomic mass is 16.5. The Morgan fingerprint density at radius 3 is 2.61 bits per heavy atom. The zero-order valence-corrected chi connectivity index (χ0v) is 12.7. The number of hydrogen-bond acceptors (Lipinski definition) is 3. The number of Topliss-reactive ketones (excluding diaryl/α,β-unsaturated/α-hetero) is 1. The number of rotatable bonds is 5. The second-order valence-corrected chi connectivity index (χ2v) is 6.76. The number of methoxy groups -OCH3 is 1. The molecule has 1 aliphatic carbocycles. The van der Waals surface area contributed by atoms with Crippen molar-refractivity contribution in [2.45, 2.75) is 40.0 Å². The van der Waals surface area contributed by atoms with Gasteiger partial charge in [-0.3, -0.25) is 4.79 Å². The highest BCUT2D eigenvalue weighted by Gasteiger charge is 2.35. The van der Waals surface area contributed by atoms with Crippen LogP contribution < -0.4 is 0 Å². The number of ketones is 1. The van der Waals surface area contributed by atoms with Crippen LogP contribution in [0.4, 0.5) is 0 Å². The van der Waals surface area contributed by atoms with Crippen molar-refractivity contribution in [1.82, 2.24) is 4.90 Å². The Morgan fingerprint density at radius 2 is 2.06 bits per heavy atom. The molecule has 0 aliphatic heterocycles. The first-order valence-electron chi connectivity index (χ1n) is 7.04. The Labute approximate surface area is 112 Å². The summed E-state index contributed by atoms with van der Waals surface area (Å²) in [5.74, 6) is 1.36. The highest BCUT2D eigenvalue weighted by Crippen LogP contribution is 2.39. The predicted molar refractivity (Wildman–Crippen MR) is 74.7 cm³/mol. The number of hydrogen-bond donors (Lipinski definition) is 0. The van der Waals surface area contributed by atoms with Crippen LogP contribution in [0, 0.1) is 17.3 Å². The molecule has 18 heavy (non-hydrogen) atoms. The summed E-state index contributed by atoms with van der Waals surface area (Å²) in [6, 6.07) is 0. The zero-order chi connectivity index (χ0) is 13.8. The molecule has 1 fully saturated rings. The lowest BCUT2D eigenvalue weighted by Gasteiger charge is -2.38. The van der Waals surface area contributed by atoms with Crippen molar-refractivity contribution in [1.29, 1.82) is 0 Å². The van der Waals surface area contributed by atoms with E-state index in [2.05, 4.69) is 32.7 Å². The SMILES string of the molecule is COCCN(C)CC1CC(C(C)(C)C)CCC1=O. The Bertz CT molecular complexity index is 270. The largest absolute Gasteiger partial charge is 0.383 e. The number of likely N-dealkylation sites (N-methyl/N-ethyl adjacent to an activating group) is 1. The summed E-state index contributed by atoms with van der Waals surface area (Å²) < 4.78 is 5.08. The van der Waals surface area contributed by atoms with Gasteiger partial charge in [-0.1, -0.05) is 20.8 Å². The molecule has 3 heteroatoms. The number of nitrogens with zero attached hydrogens (tertiary/aromatic N) is 1. The molecule has 0 amide bonds. The molecule has 3 nitrogen and oxygen atoms in total. The Morgan fingerprint density at radius 1 is 1.39 bits per heavy atom. The minimum absolute atomic E-state index is 0.227. The van der Waals surface area contributed by atoms with Crippen molar-refractivity contribution in [3.63, 3.8) is 0 Å². The number of ether oxygens (including phenoxy) is 1. The van der Waals surface area contributed by atoms with E-state index in [9.17, 15) is 4.79 Å². The summed E-state index contributed by atoms with van der Waals surface area (Å²) >= 11 is 0. The van der Waals surface area contributed by atoms with Crippen LogP contribution in [0.15, 0.2) is 0 Å². The molecule has 1 rings (SSSR count). The van der Waals surface area contributed by atoms with Gasteiger partial charge in [0.25, 0.3) is 0 Å². The molecule has 1 aliphatic rings. The molecular formula is C15H29NO2. The average Bonchev–Trinajstić information content (AvgIpc) is 2.28. The van der Waals surface area contributed by atoms with E-state index in [1.165, 1.54) is 0 Å². The van der Waals surface area contributed by atoms with Gasteiger partial charge in [0.15, 0.2) is 0 Å². The van der Waals surface area contributed by atoms with Gasteiger partial charge in [-0.2, -0.15) is 0 Å². The third-order valence-corrected chi connectivity index (χ3v) is 4.20. The van der Waals surface area contributed by atoms with Crippen LogP contribution in [0.25, 0.3) is 0 Å². The summed E-state index contributed by atoms with van der Waals surface area (Å²) in [6.07, 6.45) is 2.89. The van der Waals surface area contributed by atoms with Gasteiger partial charge in [0.1, 0.15) is 5.78 Å². The van der Waals surface area contributed by atoms with Crippen molar-refractivity contribution in [2.24, 2.45) is 17.3 Å². The van der Waals surface area contributed by atoms with Crippen molar-refractivity contribution in [3.8, 4) is 0 Å². The van der Waals surface area contributed by atoms with E-state index in [1.54, 1.807) is 7.11 Å². The van der Waals surface area contributed by atoms with Gasteiger partial charge in [-0.15, -0.1) is 0 Å². The fourth-order valence-electron chi connectivity index (χ4n) is 2.79. The van der Waals surface area contributed by atoms with Crippen LogP contribution in [0.5, 0.6) is 0 Å². The monoisotopic (exact) mass is 255 g/mol. The van der Waals surface area contributed by atoms with Crippen LogP contribution >= 0.6 is 0 Å². The Balaban J connectivity index is 2.49. The molecule has 106 valence electrons. The maximum Gasteiger partial charge on any atom is 0.137 e. The second-order valence-electron chi connectivity index (χ2n) is 6.76. The normalized spacial score (nSPS) is 25.8. The number of carbonyl (C=O) groups is 1. The first-order chi connectivity index (χ1) is 8.34. The molecule has 0 aromatic heterocycles. The van der Waals surface area contributed by atoms with Crippen molar-refractivity contribution >= 4 is 5.78 Å². The lowest BCUT2D eigenvalue weighted by atomic mass is 9.68. The summed E-state index contributed by atoms with van der Waals surface area (Å²) in [4.78, 5) is 14.2. The molecule has 0 N–H and O–H groups in total. The van der Waals surface area contributed by atoms with E-state index < -0.39 is 0 Å². The van der Waals surface area contributed by atoms with Gasteiger partial charge < -0.3 is 9.64 Å². The maximum absolute atomic E-state index is 12.0. The smallest absolute Gasteiger partial charge is 0.137 e. The van der Waals surface area contributed by atoms with Crippen LogP contribution in [0.2, 0.25) is 0 Å². The van der Waals surface area contributed by atoms with Gasteiger partial charge in [-0.05, 0) is 31.2 Å². The van der Waals surface area contributed by atoms with E-state index in [1.807, 2.05) is 0 Å². The van der Waals surface area contributed by atoms with E-state index in [-0.39, 0.29) is 5.92 Å². The van der Waals surface area contributed by atoms with E-state index in [0.717, 1.165) is 39.0 Å². The fraction of sp³-hybridized carbons (Fsp3) is 0.933. The van der Waals surface area contributed by atoms with Gasteiger partial charge in [0, 0.05) is 32.5 Å². The first-order valence-corrected chi connectivity index (χ1v) is 7.04. The van der Waals surface area contributed by atoms with Crippen LogP contribution in [-0.4, -0.2) is 44.5 Å². The Hall–Kier alpha value is -0.410. The minimum atomic E-state index is 0.227. The third-order valence-electron chi connectivity index (χ3n) is 4.20. The highest BCUT2D eigenvalue weighted by molar-refractivity contribution is 5.82. The predicted octanol–water partition coefficient (Wildman–Crippen LogP) is 2.60. The first kappa shape index (κ1) is 15.6. The van der Waals surface area contributed by atoms with Crippen LogP contribution in [-0.2, 0) is 9.53 Å². The van der Waals surface area contributed by atoms with Gasteiger partial charge in [-0.25, -0.2) is 0 Å². The van der Waals surface area contributed by atoms with Crippen LogP contribution in [0.3, 0.4) is 0 Å². The van der Waals surface area contributed by atoms with Crippen molar-refractivity contribution in [3.05, 3.63) is 0 Å². The van der Waals surface area contributed by atoms with Gasteiger partial charge in [0.05, 0.1) is 6.61 Å². The zero-order valence-electron chi connectivity index (χ0n) is 12.7. The van der Waals surface area contributed by atoms with E-state index in [4.69, 9.17) is 4.74 Å². The van der Waals surface area contributed by atoms with Gasteiger partial charge in [0.2, 0.25) is 0 Å². The lowest BCUT2D eigenvalue weighted by Crippen LogP contribution is -2.38. The third kappa shape index (κ3) is 4.69. The molecule has 0 saturated heterocycles. The van der Waals surface area contributed by atoms with E-state index >= 15 is 0 Å². The average molecular weight is 255 g/mol. The summed E-state index contributed by atoms with van der Waals surface area (Å²) in [7, 11) is 3.79. The second kappa shape index (κ2) is 6.67. The van der Waals surface area contributed by atoms with Crippen LogP contribution in [0.1, 0.15) is 40.0 Å². The van der Waals surface area contributed by atoms with Crippen molar-refractivity contribution < 1.29 is 9.53 Å². The lowest BCUT2D eigenvalue weighted by molar-refractivity contribution is -0.127.